The Kier molecular flexibility index (Phi) is 5.05. The second kappa shape index (κ2) is 7.47. The minimum absolute atomic E-state index is 0.129. The Morgan fingerprint density at radius 2 is 2.22 bits per heavy atom. The number of aromatic nitrogens is 1. The summed E-state index contributed by atoms with van der Waals surface area (Å²) < 4.78 is 4.24. The molecule has 0 saturated carbocycles. The summed E-state index contributed by atoms with van der Waals surface area (Å²) in [4.78, 5) is 32.5. The van der Waals surface area contributed by atoms with E-state index in [0.717, 1.165) is 17.6 Å². The van der Waals surface area contributed by atoms with Gasteiger partial charge < -0.3 is 9.61 Å². The van der Waals surface area contributed by atoms with Crippen molar-refractivity contribution in [1.82, 2.24) is 19.6 Å². The van der Waals surface area contributed by atoms with Gasteiger partial charge in [0.15, 0.2) is 0 Å². The first-order chi connectivity index (χ1) is 13.1. The largest absolute Gasteiger partial charge is 0.336 e. The van der Waals surface area contributed by atoms with Gasteiger partial charge in [-0.1, -0.05) is 18.2 Å². The van der Waals surface area contributed by atoms with Gasteiger partial charge in [-0.2, -0.15) is 0 Å². The van der Waals surface area contributed by atoms with Crippen molar-refractivity contribution >= 4 is 48.4 Å². The normalized spacial score (nSPS) is 24.4. The third-order valence-corrected chi connectivity index (χ3v) is 6.21. The third-order valence-electron chi connectivity index (χ3n) is 5.02. The molecule has 1 aromatic heterocycles. The van der Waals surface area contributed by atoms with E-state index in [1.54, 1.807) is 35.5 Å². The fourth-order valence-electron chi connectivity index (χ4n) is 3.81. The highest BCUT2D eigenvalue weighted by atomic mass is 32.1. The maximum atomic E-state index is 12.5. The molecule has 2 aliphatic rings. The van der Waals surface area contributed by atoms with Crippen molar-refractivity contribution in [2.45, 2.75) is 5.54 Å². The van der Waals surface area contributed by atoms with Gasteiger partial charge in [0.2, 0.25) is 5.11 Å². The predicted molar refractivity (Wildman–Crippen MR) is 107 cm³/mol. The highest BCUT2D eigenvalue weighted by Crippen LogP contribution is 2.47. The van der Waals surface area contributed by atoms with Crippen LogP contribution in [-0.2, 0) is 15.2 Å². The number of nitrogens with zero attached hydrogens (tertiary/aromatic N) is 3. The zero-order valence-electron chi connectivity index (χ0n) is 14.4. The average molecular weight is 400 g/mol. The van der Waals surface area contributed by atoms with Crippen molar-refractivity contribution in [3.05, 3.63) is 53.0 Å². The molecule has 0 radical (unpaired) electrons. The van der Waals surface area contributed by atoms with Gasteiger partial charge in [-0.15, -0.1) is 0 Å². The Morgan fingerprint density at radius 3 is 2.93 bits per heavy atom. The summed E-state index contributed by atoms with van der Waals surface area (Å²) in [7, 11) is 0.355. The molecule has 2 fully saturated rings. The number of carbonyl (C=O) groups excluding carboxylic acids is 2. The van der Waals surface area contributed by atoms with Crippen LogP contribution in [0.15, 0.2) is 42.6 Å². The lowest BCUT2D eigenvalue weighted by Gasteiger charge is -2.36. The molecule has 27 heavy (non-hydrogen) atoms. The maximum absolute atomic E-state index is 12.5. The van der Waals surface area contributed by atoms with Gasteiger partial charge >= 0.3 is 0 Å². The van der Waals surface area contributed by atoms with Gasteiger partial charge in [-0.05, 0) is 48.5 Å². The molecule has 2 saturated heterocycles. The van der Waals surface area contributed by atoms with Gasteiger partial charge in [0.1, 0.15) is 5.54 Å². The molecule has 138 valence electrons. The highest BCUT2D eigenvalue weighted by molar-refractivity contribution is 7.80. The van der Waals surface area contributed by atoms with Crippen molar-refractivity contribution in [2.75, 3.05) is 19.7 Å². The first-order valence-electron chi connectivity index (χ1n) is 8.56. The van der Waals surface area contributed by atoms with E-state index >= 15 is 0 Å². The molecule has 2 unspecified atom stereocenters. The number of benzene rings is 1. The second-order valence-electron chi connectivity index (χ2n) is 6.57. The SMILES string of the molecule is O=CBN1CC2CON(C(=S)NC(=O)c3ccccc3)C2(c2ccns2)C1. The minimum Gasteiger partial charge on any atom is -0.336 e. The molecule has 1 N–H and O–H groups in total. The van der Waals surface area contributed by atoms with Crippen LogP contribution in [0.3, 0.4) is 0 Å². The van der Waals surface area contributed by atoms with Crippen LogP contribution in [-0.4, -0.2) is 58.6 Å². The second-order valence-corrected chi connectivity index (χ2v) is 7.79. The van der Waals surface area contributed by atoms with Crippen LogP contribution in [0.1, 0.15) is 15.2 Å². The van der Waals surface area contributed by atoms with Gasteiger partial charge in [-0.3, -0.25) is 14.9 Å². The Labute approximate surface area is 166 Å². The summed E-state index contributed by atoms with van der Waals surface area (Å²) in [5, 5.41) is 4.62. The third kappa shape index (κ3) is 3.18. The topological polar surface area (TPSA) is 74.8 Å². The monoisotopic (exact) mass is 400 g/mol. The fourth-order valence-corrected chi connectivity index (χ4v) is 4.95. The van der Waals surface area contributed by atoms with E-state index < -0.39 is 5.54 Å². The van der Waals surface area contributed by atoms with Gasteiger partial charge in [0.05, 0.1) is 17.7 Å². The number of nitrogens with one attached hydrogen (secondary N) is 1. The van der Waals surface area contributed by atoms with Gasteiger partial charge in [-0.25, -0.2) is 9.44 Å². The van der Waals surface area contributed by atoms with Gasteiger partial charge in [0, 0.05) is 24.2 Å². The number of hydrogen-bond acceptors (Lipinski definition) is 7. The Morgan fingerprint density at radius 1 is 1.41 bits per heavy atom. The van der Waals surface area contributed by atoms with Crippen LogP contribution in [0, 0.1) is 5.92 Å². The summed E-state index contributed by atoms with van der Waals surface area (Å²) in [6.07, 6.45) is 2.65. The van der Waals surface area contributed by atoms with Crippen molar-refractivity contribution < 1.29 is 14.4 Å². The van der Waals surface area contributed by atoms with E-state index in [2.05, 4.69) is 14.5 Å². The van der Waals surface area contributed by atoms with Crippen molar-refractivity contribution in [3.8, 4) is 0 Å². The van der Waals surface area contributed by atoms with E-state index in [1.807, 2.05) is 12.1 Å². The van der Waals surface area contributed by atoms with Crippen LogP contribution >= 0.6 is 23.8 Å². The maximum Gasteiger partial charge on any atom is 0.281 e. The number of rotatable bonds is 4. The Balaban J connectivity index is 1.60. The predicted octanol–water partition coefficient (Wildman–Crippen LogP) is 0.774. The fraction of sp³-hybridized carbons (Fsp3) is 0.294. The number of thiocarbonyl (C=S) groups is 1. The zero-order valence-corrected chi connectivity index (χ0v) is 16.0. The smallest absolute Gasteiger partial charge is 0.281 e. The molecule has 1 aromatic carbocycles. The molecular formula is C17H17BN4O3S2. The first-order valence-corrected chi connectivity index (χ1v) is 9.74. The van der Waals surface area contributed by atoms with E-state index in [-0.39, 0.29) is 16.9 Å². The molecule has 7 nitrogen and oxygen atoms in total. The highest BCUT2D eigenvalue weighted by Gasteiger charge is 2.58. The van der Waals surface area contributed by atoms with Crippen LogP contribution in [0.25, 0.3) is 0 Å². The summed E-state index contributed by atoms with van der Waals surface area (Å²) in [5.74, 6) is -0.153. The standard InChI is InChI=1S/C17H17BN4O3S2/c23-11-18-21-8-13-9-25-22(17(13,10-21)14-6-7-19-27-14)16(26)20-15(24)12-4-2-1-3-5-12/h1-7,11,13,18H,8-10H2,(H,20,24,26). The van der Waals surface area contributed by atoms with Crippen LogP contribution in [0.5, 0.6) is 0 Å². The number of fused-ring (bicyclic) bond motifs is 1. The van der Waals surface area contributed by atoms with Crippen LogP contribution < -0.4 is 5.32 Å². The van der Waals surface area contributed by atoms with Crippen LogP contribution in [0.2, 0.25) is 0 Å². The van der Waals surface area contributed by atoms with Crippen molar-refractivity contribution in [1.29, 1.82) is 0 Å². The molecule has 0 aliphatic carbocycles. The number of amides is 1. The molecule has 0 spiro atoms. The van der Waals surface area contributed by atoms with E-state index in [9.17, 15) is 9.59 Å². The molecule has 10 heteroatoms. The van der Waals surface area contributed by atoms with E-state index in [0.29, 0.717) is 26.1 Å². The summed E-state index contributed by atoms with van der Waals surface area (Å²) in [6.45, 7) is 1.77. The Bertz CT molecular complexity index is 851. The van der Waals surface area contributed by atoms with Crippen LogP contribution in [0.4, 0.5) is 0 Å². The Hall–Kier alpha value is -2.14. The molecule has 2 aliphatic heterocycles. The lowest BCUT2D eigenvalue weighted by molar-refractivity contribution is -0.101. The van der Waals surface area contributed by atoms with Crippen molar-refractivity contribution in [3.63, 3.8) is 0 Å². The molecule has 4 rings (SSSR count). The van der Waals surface area contributed by atoms with Crippen molar-refractivity contribution in [2.24, 2.45) is 5.92 Å². The molecule has 0 bridgehead atoms. The zero-order chi connectivity index (χ0) is 18.9. The summed E-state index contributed by atoms with van der Waals surface area (Å²) in [6, 6.07) is 10.9. The van der Waals surface area contributed by atoms with Gasteiger partial charge in [0.25, 0.3) is 13.3 Å². The first kappa shape index (κ1) is 18.2. The number of hydrogen-bond donors (Lipinski definition) is 1. The average Bonchev–Trinajstić information content (AvgIpc) is 3.37. The molecule has 2 atom stereocenters. The summed E-state index contributed by atoms with van der Waals surface area (Å²) >= 11 is 6.91. The van der Waals surface area contributed by atoms with E-state index in [1.165, 1.54) is 11.5 Å². The summed E-state index contributed by atoms with van der Waals surface area (Å²) in [5.41, 5.74) is -0.0259. The molecule has 1 amide bonds. The minimum atomic E-state index is -0.550. The lowest BCUT2D eigenvalue weighted by Crippen LogP contribution is -2.53. The number of hydroxylamine groups is 2. The lowest BCUT2D eigenvalue weighted by atomic mass is 9.87. The molecule has 2 aromatic rings. The van der Waals surface area contributed by atoms with E-state index in [4.69, 9.17) is 17.1 Å². The molecule has 3 heterocycles. The quantitative estimate of drug-likeness (QED) is 0.462. The molecular weight excluding hydrogens is 383 g/mol. The number of carbonyl (C=O) groups is 2.